The van der Waals surface area contributed by atoms with E-state index in [1.165, 1.54) is 0 Å². The van der Waals surface area contributed by atoms with Gasteiger partial charge in [0.15, 0.2) is 6.29 Å². The van der Waals surface area contributed by atoms with Gasteiger partial charge in [0, 0.05) is 0 Å². The molecule has 0 radical (unpaired) electrons. The summed E-state index contributed by atoms with van der Waals surface area (Å²) in [7, 11) is 0. The van der Waals surface area contributed by atoms with E-state index in [0.717, 1.165) is 0 Å². The second-order valence-corrected chi connectivity index (χ2v) is 2.36. The molecule has 2 N–H and O–H groups in total. The maximum absolute atomic E-state index is 9.03. The minimum Gasteiger partial charge on any atom is -0.388 e. The normalized spacial score (nSPS) is 56.7. The van der Waals surface area contributed by atoms with Crippen LogP contribution in [0.5, 0.6) is 0 Å². The van der Waals surface area contributed by atoms with E-state index in [1.54, 1.807) is 0 Å². The monoisotopic (exact) mass is 132 g/mol. The van der Waals surface area contributed by atoms with E-state index in [2.05, 4.69) is 0 Å². The molecule has 0 aliphatic carbocycles. The molecule has 0 spiro atoms. The molecule has 0 bridgehead atoms. The Bertz CT molecular complexity index is 124. The third-order valence-corrected chi connectivity index (χ3v) is 1.64. The molecule has 0 aromatic carbocycles. The number of fused-ring (bicyclic) bond motifs is 1. The number of aliphatic hydroxyl groups excluding tert-OH is 2. The fourth-order valence-electron chi connectivity index (χ4n) is 0.996. The Kier molecular flexibility index (Phi) is 1.04. The smallest absolute Gasteiger partial charge is 0.187 e. The third kappa shape index (κ3) is 0.753. The van der Waals surface area contributed by atoms with Gasteiger partial charge in [-0.05, 0) is 0 Å². The Morgan fingerprint density at radius 3 is 2.78 bits per heavy atom. The van der Waals surface area contributed by atoms with Crippen LogP contribution in [0.2, 0.25) is 0 Å². The van der Waals surface area contributed by atoms with Crippen LogP contribution in [0, 0.1) is 0 Å². The zero-order valence-corrected chi connectivity index (χ0v) is 4.73. The molecular weight excluding hydrogens is 124 g/mol. The lowest BCUT2D eigenvalue weighted by Gasteiger charge is -2.18. The Labute approximate surface area is 52.0 Å². The molecule has 0 aromatic heterocycles. The minimum absolute atomic E-state index is 0.183. The van der Waals surface area contributed by atoms with Gasteiger partial charge in [-0.25, -0.2) is 0 Å². The third-order valence-electron chi connectivity index (χ3n) is 1.64. The summed E-state index contributed by atoms with van der Waals surface area (Å²) in [5.74, 6) is 0. The predicted molar refractivity (Wildman–Crippen MR) is 26.6 cm³/mol. The van der Waals surface area contributed by atoms with Gasteiger partial charge in [0.2, 0.25) is 0 Å². The molecule has 3 unspecified atom stereocenters. The molecule has 9 heavy (non-hydrogen) atoms. The molecule has 2 aliphatic rings. The quantitative estimate of drug-likeness (QED) is 0.392. The first-order chi connectivity index (χ1) is 4.29. The van der Waals surface area contributed by atoms with Crippen molar-refractivity contribution in [1.82, 2.24) is 0 Å². The molecule has 2 aliphatic heterocycles. The largest absolute Gasteiger partial charge is 0.388 e. The van der Waals surface area contributed by atoms with Crippen molar-refractivity contribution in [2.24, 2.45) is 0 Å². The van der Waals surface area contributed by atoms with Gasteiger partial charge in [-0.15, -0.1) is 0 Å². The summed E-state index contributed by atoms with van der Waals surface area (Å²) in [6.45, 7) is 0.183. The SMILES string of the molecule is OC1COC2O[C@H]2C1O. The van der Waals surface area contributed by atoms with Gasteiger partial charge in [-0.1, -0.05) is 0 Å². The molecule has 4 heteroatoms. The summed E-state index contributed by atoms with van der Waals surface area (Å²) in [5.41, 5.74) is 0. The Morgan fingerprint density at radius 2 is 2.11 bits per heavy atom. The molecule has 52 valence electrons. The topological polar surface area (TPSA) is 62.2 Å². The molecule has 2 fully saturated rings. The molecule has 2 saturated heterocycles. The first-order valence-electron chi connectivity index (χ1n) is 2.92. The summed E-state index contributed by atoms with van der Waals surface area (Å²) in [4.78, 5) is 0. The van der Waals surface area contributed by atoms with Gasteiger partial charge in [-0.3, -0.25) is 0 Å². The van der Waals surface area contributed by atoms with Crippen molar-refractivity contribution in [2.45, 2.75) is 24.6 Å². The van der Waals surface area contributed by atoms with Gasteiger partial charge >= 0.3 is 0 Å². The fraction of sp³-hybridized carbons (Fsp3) is 1.00. The van der Waals surface area contributed by atoms with E-state index < -0.39 is 12.2 Å². The van der Waals surface area contributed by atoms with Crippen molar-refractivity contribution in [3.63, 3.8) is 0 Å². The summed E-state index contributed by atoms with van der Waals surface area (Å²) >= 11 is 0. The number of aliphatic hydroxyl groups is 2. The number of hydrogen-bond acceptors (Lipinski definition) is 4. The Hall–Kier alpha value is -0.160. The average Bonchev–Trinajstić information content (AvgIpc) is 2.58. The van der Waals surface area contributed by atoms with Crippen LogP contribution in [-0.4, -0.2) is 41.4 Å². The average molecular weight is 132 g/mol. The first kappa shape index (κ1) is 5.61. The highest BCUT2D eigenvalue weighted by molar-refractivity contribution is 4.92. The maximum Gasteiger partial charge on any atom is 0.187 e. The van der Waals surface area contributed by atoms with Gasteiger partial charge < -0.3 is 19.7 Å². The minimum atomic E-state index is -0.770. The molecule has 0 amide bonds. The van der Waals surface area contributed by atoms with Crippen molar-refractivity contribution in [1.29, 1.82) is 0 Å². The highest BCUT2D eigenvalue weighted by Crippen LogP contribution is 2.32. The zero-order chi connectivity index (χ0) is 6.43. The van der Waals surface area contributed by atoms with Crippen LogP contribution in [-0.2, 0) is 9.47 Å². The van der Waals surface area contributed by atoms with E-state index in [1.807, 2.05) is 0 Å². The van der Waals surface area contributed by atoms with E-state index in [0.29, 0.717) is 0 Å². The Balaban J connectivity index is 2.02. The maximum atomic E-state index is 9.03. The van der Waals surface area contributed by atoms with Gasteiger partial charge in [0.1, 0.15) is 18.3 Å². The fourth-order valence-corrected chi connectivity index (χ4v) is 0.996. The lowest BCUT2D eigenvalue weighted by atomic mass is 10.1. The van der Waals surface area contributed by atoms with Crippen molar-refractivity contribution < 1.29 is 19.7 Å². The summed E-state index contributed by atoms with van der Waals surface area (Å²) in [6.07, 6.45) is -2.03. The molecule has 0 saturated carbocycles. The van der Waals surface area contributed by atoms with Gasteiger partial charge in [-0.2, -0.15) is 0 Å². The lowest BCUT2D eigenvalue weighted by Crippen LogP contribution is -2.40. The van der Waals surface area contributed by atoms with Crippen molar-refractivity contribution in [3.05, 3.63) is 0 Å². The van der Waals surface area contributed by atoms with Crippen LogP contribution in [0.1, 0.15) is 0 Å². The van der Waals surface area contributed by atoms with E-state index in [-0.39, 0.29) is 19.0 Å². The van der Waals surface area contributed by atoms with E-state index >= 15 is 0 Å². The van der Waals surface area contributed by atoms with E-state index in [4.69, 9.17) is 19.7 Å². The molecule has 0 aromatic rings. The van der Waals surface area contributed by atoms with Crippen molar-refractivity contribution in [2.75, 3.05) is 6.61 Å². The highest BCUT2D eigenvalue weighted by atomic mass is 16.8. The number of epoxide rings is 1. The summed E-state index contributed by atoms with van der Waals surface area (Å²) in [5, 5.41) is 18.0. The summed E-state index contributed by atoms with van der Waals surface area (Å²) in [6, 6.07) is 0. The first-order valence-corrected chi connectivity index (χ1v) is 2.92. The Morgan fingerprint density at radius 1 is 1.33 bits per heavy atom. The van der Waals surface area contributed by atoms with Crippen molar-refractivity contribution in [3.8, 4) is 0 Å². The standard InChI is InChI=1S/C5H8O4/c6-2-1-8-5-4(9-5)3(2)7/h2-7H,1H2/t2?,3?,4-,5?/m0/s1. The summed E-state index contributed by atoms with van der Waals surface area (Å²) < 4.78 is 9.73. The van der Waals surface area contributed by atoms with Crippen LogP contribution >= 0.6 is 0 Å². The van der Waals surface area contributed by atoms with Gasteiger partial charge in [0.25, 0.3) is 0 Å². The number of hydrogen-bond donors (Lipinski definition) is 2. The van der Waals surface area contributed by atoms with E-state index in [9.17, 15) is 0 Å². The number of rotatable bonds is 0. The number of ether oxygens (including phenoxy) is 2. The van der Waals surface area contributed by atoms with Crippen molar-refractivity contribution >= 4 is 0 Å². The van der Waals surface area contributed by atoms with Crippen LogP contribution < -0.4 is 0 Å². The van der Waals surface area contributed by atoms with Gasteiger partial charge in [0.05, 0.1) is 6.61 Å². The van der Waals surface area contributed by atoms with Crippen LogP contribution in [0.4, 0.5) is 0 Å². The molecular formula is C5H8O4. The second-order valence-electron chi connectivity index (χ2n) is 2.36. The molecule has 4 nitrogen and oxygen atoms in total. The highest BCUT2D eigenvalue weighted by Gasteiger charge is 2.52. The molecule has 2 rings (SSSR count). The predicted octanol–water partition coefficient (Wildman–Crippen LogP) is -1.54. The zero-order valence-electron chi connectivity index (χ0n) is 4.73. The second kappa shape index (κ2) is 1.67. The lowest BCUT2D eigenvalue weighted by molar-refractivity contribution is -0.0775. The molecule has 2 heterocycles. The molecule has 4 atom stereocenters. The van der Waals surface area contributed by atoms with Crippen LogP contribution in [0.25, 0.3) is 0 Å². The van der Waals surface area contributed by atoms with Crippen LogP contribution in [0.3, 0.4) is 0 Å². The van der Waals surface area contributed by atoms with Crippen LogP contribution in [0.15, 0.2) is 0 Å².